The highest BCUT2D eigenvalue weighted by atomic mass is 16.5. The van der Waals surface area contributed by atoms with Gasteiger partial charge in [-0.25, -0.2) is 4.79 Å². The number of aliphatic hydroxyl groups is 1. The zero-order valence-electron chi connectivity index (χ0n) is 18.3. The minimum Gasteiger partial charge on any atom is -0.497 e. The van der Waals surface area contributed by atoms with Crippen molar-refractivity contribution in [2.45, 2.75) is 44.6 Å². The molecule has 2 aliphatic rings. The molecule has 1 saturated heterocycles. The van der Waals surface area contributed by atoms with Crippen LogP contribution in [0.15, 0.2) is 48.5 Å². The Morgan fingerprint density at radius 1 is 1.10 bits per heavy atom. The highest BCUT2D eigenvalue weighted by Gasteiger charge is 2.49. The molecule has 0 aromatic heterocycles. The molecule has 2 aromatic rings. The van der Waals surface area contributed by atoms with Crippen molar-refractivity contribution in [2.24, 2.45) is 11.8 Å². The van der Waals surface area contributed by atoms with Crippen LogP contribution in [0.2, 0.25) is 0 Å². The second kappa shape index (κ2) is 7.62. The fraction of sp³-hybridized carbons (Fsp3) is 0.480. The van der Waals surface area contributed by atoms with Crippen molar-refractivity contribution in [3.05, 3.63) is 59.7 Å². The number of rotatable bonds is 3. The van der Waals surface area contributed by atoms with E-state index in [1.165, 1.54) is 5.56 Å². The number of benzene rings is 2. The van der Waals surface area contributed by atoms with Gasteiger partial charge < -0.3 is 20.1 Å². The predicted molar refractivity (Wildman–Crippen MR) is 119 cm³/mol. The van der Waals surface area contributed by atoms with Crippen molar-refractivity contribution in [3.63, 3.8) is 0 Å². The van der Waals surface area contributed by atoms with Crippen LogP contribution in [0.4, 0.5) is 10.5 Å². The molecule has 2 amide bonds. The molecule has 0 unspecified atom stereocenters. The lowest BCUT2D eigenvalue weighted by molar-refractivity contribution is 0.0328. The van der Waals surface area contributed by atoms with Gasteiger partial charge in [-0.3, -0.25) is 0 Å². The molecule has 2 N–H and O–H groups in total. The lowest BCUT2D eigenvalue weighted by Gasteiger charge is -2.28. The van der Waals surface area contributed by atoms with E-state index >= 15 is 0 Å². The molecule has 1 heterocycles. The first-order chi connectivity index (χ1) is 14.2. The van der Waals surface area contributed by atoms with Gasteiger partial charge in [0, 0.05) is 24.8 Å². The van der Waals surface area contributed by atoms with Crippen molar-refractivity contribution < 1.29 is 14.6 Å². The van der Waals surface area contributed by atoms with Crippen LogP contribution in [0.25, 0.3) is 0 Å². The van der Waals surface area contributed by atoms with Crippen molar-refractivity contribution in [1.82, 2.24) is 4.90 Å². The first kappa shape index (κ1) is 20.7. The van der Waals surface area contributed by atoms with Gasteiger partial charge in [-0.1, -0.05) is 51.1 Å². The Kier molecular flexibility index (Phi) is 5.27. The average Bonchev–Trinajstić information content (AvgIpc) is 3.23. The van der Waals surface area contributed by atoms with Crippen LogP contribution in [0.1, 0.15) is 44.7 Å². The molecule has 1 saturated carbocycles. The Bertz CT molecular complexity index is 903. The molecule has 1 aliphatic heterocycles. The predicted octanol–water partition coefficient (Wildman–Crippen LogP) is 4.75. The maximum Gasteiger partial charge on any atom is 0.321 e. The van der Waals surface area contributed by atoms with E-state index in [1.54, 1.807) is 7.11 Å². The van der Waals surface area contributed by atoms with E-state index in [1.807, 2.05) is 29.2 Å². The molecule has 5 heteroatoms. The van der Waals surface area contributed by atoms with E-state index in [0.717, 1.165) is 11.3 Å². The quantitative estimate of drug-likeness (QED) is 0.770. The number of carbonyl (C=O) groups is 1. The van der Waals surface area contributed by atoms with Crippen LogP contribution >= 0.6 is 0 Å². The van der Waals surface area contributed by atoms with Gasteiger partial charge in [-0.15, -0.1) is 0 Å². The first-order valence-corrected chi connectivity index (χ1v) is 10.7. The normalized spacial score (nSPS) is 25.8. The van der Waals surface area contributed by atoms with Crippen LogP contribution in [0.3, 0.4) is 0 Å². The number of urea groups is 1. The summed E-state index contributed by atoms with van der Waals surface area (Å²) in [7, 11) is 1.61. The molecule has 0 bridgehead atoms. The number of likely N-dealkylation sites (tertiary alicyclic amines) is 1. The van der Waals surface area contributed by atoms with E-state index in [9.17, 15) is 9.90 Å². The number of anilines is 1. The van der Waals surface area contributed by atoms with Crippen LogP contribution in [-0.2, 0) is 11.0 Å². The number of nitrogens with one attached hydrogen (secondary N) is 1. The van der Waals surface area contributed by atoms with Crippen molar-refractivity contribution in [3.8, 4) is 5.75 Å². The van der Waals surface area contributed by atoms with Gasteiger partial charge in [0.2, 0.25) is 0 Å². The van der Waals surface area contributed by atoms with Crippen LogP contribution in [-0.4, -0.2) is 36.2 Å². The SMILES string of the molecule is COc1cccc(NC(=O)N2C[C@@H]3C[C@@](O)(c4ccc(C(C)(C)C)cc4)C[C@@H]3C2)c1. The summed E-state index contributed by atoms with van der Waals surface area (Å²) < 4.78 is 5.22. The fourth-order valence-electron chi connectivity index (χ4n) is 4.94. The van der Waals surface area contributed by atoms with E-state index < -0.39 is 5.60 Å². The van der Waals surface area contributed by atoms with Gasteiger partial charge in [-0.2, -0.15) is 0 Å². The van der Waals surface area contributed by atoms with Crippen LogP contribution in [0, 0.1) is 11.8 Å². The molecule has 4 rings (SSSR count). The van der Waals surface area contributed by atoms with Gasteiger partial charge in [0.15, 0.2) is 0 Å². The number of hydrogen-bond acceptors (Lipinski definition) is 3. The lowest BCUT2D eigenvalue weighted by Crippen LogP contribution is -2.35. The second-order valence-electron chi connectivity index (χ2n) is 9.85. The molecule has 30 heavy (non-hydrogen) atoms. The minimum atomic E-state index is -0.791. The van der Waals surface area contributed by atoms with Gasteiger partial charge in [-0.05, 0) is 53.4 Å². The number of carbonyl (C=O) groups excluding carboxylic acids is 1. The van der Waals surface area contributed by atoms with Gasteiger partial charge in [0.1, 0.15) is 5.75 Å². The van der Waals surface area contributed by atoms with E-state index in [-0.39, 0.29) is 11.4 Å². The standard InChI is InChI=1S/C25H32N2O3/c1-24(2,3)19-8-10-20(11-9-19)25(29)13-17-15-27(16-18(17)14-25)23(28)26-21-6-5-7-22(12-21)30-4/h5-12,17-18,29H,13-16H2,1-4H3,(H,26,28)/t17-,18+,25-. The summed E-state index contributed by atoms with van der Waals surface area (Å²) in [6.45, 7) is 7.96. The summed E-state index contributed by atoms with van der Waals surface area (Å²) in [6.07, 6.45) is 1.41. The second-order valence-corrected chi connectivity index (χ2v) is 9.85. The highest BCUT2D eigenvalue weighted by Crippen LogP contribution is 2.49. The highest BCUT2D eigenvalue weighted by molar-refractivity contribution is 5.89. The van der Waals surface area contributed by atoms with Gasteiger partial charge >= 0.3 is 6.03 Å². The summed E-state index contributed by atoms with van der Waals surface area (Å²) in [5.74, 6) is 1.37. The van der Waals surface area contributed by atoms with E-state index in [0.29, 0.717) is 43.5 Å². The summed E-state index contributed by atoms with van der Waals surface area (Å²) in [4.78, 5) is 14.6. The number of methoxy groups -OCH3 is 1. The third kappa shape index (κ3) is 4.04. The molecular weight excluding hydrogens is 376 g/mol. The number of nitrogens with zero attached hydrogens (tertiary/aromatic N) is 1. The van der Waals surface area contributed by atoms with E-state index in [2.05, 4.69) is 50.4 Å². The monoisotopic (exact) mass is 408 g/mol. The Labute approximate surface area is 179 Å². The smallest absolute Gasteiger partial charge is 0.321 e. The summed E-state index contributed by atoms with van der Waals surface area (Å²) >= 11 is 0. The Balaban J connectivity index is 1.39. The van der Waals surface area contributed by atoms with Crippen LogP contribution in [0.5, 0.6) is 5.75 Å². The number of fused-ring (bicyclic) bond motifs is 1. The molecule has 0 radical (unpaired) electrons. The fourth-order valence-corrected chi connectivity index (χ4v) is 4.94. The average molecular weight is 409 g/mol. The molecule has 0 spiro atoms. The molecule has 160 valence electrons. The van der Waals surface area contributed by atoms with Gasteiger partial charge in [0.05, 0.1) is 12.7 Å². The molecule has 2 fully saturated rings. The van der Waals surface area contributed by atoms with Crippen molar-refractivity contribution >= 4 is 11.7 Å². The summed E-state index contributed by atoms with van der Waals surface area (Å²) in [5.41, 5.74) is 2.31. The van der Waals surface area contributed by atoms with Gasteiger partial charge in [0.25, 0.3) is 0 Å². The topological polar surface area (TPSA) is 61.8 Å². The molecular formula is C25H32N2O3. The number of amides is 2. The summed E-state index contributed by atoms with van der Waals surface area (Å²) in [6, 6.07) is 15.7. The third-order valence-corrected chi connectivity index (χ3v) is 6.67. The van der Waals surface area contributed by atoms with E-state index in [4.69, 9.17) is 4.74 Å². The maximum absolute atomic E-state index is 12.7. The first-order valence-electron chi connectivity index (χ1n) is 10.7. The van der Waals surface area contributed by atoms with Crippen molar-refractivity contribution in [1.29, 1.82) is 0 Å². The number of hydrogen-bond donors (Lipinski definition) is 2. The minimum absolute atomic E-state index is 0.0873. The van der Waals surface area contributed by atoms with Crippen molar-refractivity contribution in [2.75, 3.05) is 25.5 Å². The molecule has 1 aliphatic carbocycles. The zero-order chi connectivity index (χ0) is 21.5. The Hall–Kier alpha value is -2.53. The largest absolute Gasteiger partial charge is 0.497 e. The van der Waals surface area contributed by atoms with Crippen LogP contribution < -0.4 is 10.1 Å². The maximum atomic E-state index is 12.7. The molecule has 5 nitrogen and oxygen atoms in total. The molecule has 2 aromatic carbocycles. The summed E-state index contributed by atoms with van der Waals surface area (Å²) in [5, 5.41) is 14.3. The Morgan fingerprint density at radius 2 is 1.73 bits per heavy atom. The number of ether oxygens (including phenoxy) is 1. The Morgan fingerprint density at radius 3 is 2.30 bits per heavy atom. The molecule has 3 atom stereocenters. The lowest BCUT2D eigenvalue weighted by atomic mass is 9.84. The zero-order valence-corrected chi connectivity index (χ0v) is 18.3. The third-order valence-electron chi connectivity index (χ3n) is 6.67.